The average Bonchev–Trinajstić information content (AvgIpc) is 2.57. The van der Waals surface area contributed by atoms with Crippen LogP contribution in [0.15, 0.2) is 12.1 Å². The van der Waals surface area contributed by atoms with E-state index in [-0.39, 0.29) is 11.3 Å². The minimum atomic E-state index is -5.00. The molecule has 11 heteroatoms. The van der Waals surface area contributed by atoms with Crippen molar-refractivity contribution in [2.45, 2.75) is 32.2 Å². The van der Waals surface area contributed by atoms with Crippen molar-refractivity contribution in [3.63, 3.8) is 0 Å². The Morgan fingerprint density at radius 1 is 1.31 bits per heavy atom. The lowest BCUT2D eigenvalue weighted by atomic mass is 10.0. The van der Waals surface area contributed by atoms with Crippen molar-refractivity contribution in [3.8, 4) is 11.5 Å². The van der Waals surface area contributed by atoms with Crippen molar-refractivity contribution in [3.05, 3.63) is 23.3 Å². The van der Waals surface area contributed by atoms with E-state index in [1.165, 1.54) is 18.7 Å². The van der Waals surface area contributed by atoms with Crippen LogP contribution >= 0.6 is 0 Å². The van der Waals surface area contributed by atoms with E-state index >= 15 is 0 Å². The molecule has 0 fully saturated rings. The molecule has 4 N–H and O–H groups in total. The Morgan fingerprint density at radius 2 is 1.96 bits per heavy atom. The quantitative estimate of drug-likeness (QED) is 0.397. The number of aliphatic hydroxyl groups is 1. The number of nitrogens with one attached hydrogen (secondary N) is 2. The zero-order valence-electron chi connectivity index (χ0n) is 14.0. The molecule has 1 rings (SSSR count). The van der Waals surface area contributed by atoms with Crippen LogP contribution in [0.1, 0.15) is 29.3 Å². The fourth-order valence-electron chi connectivity index (χ4n) is 2.19. The van der Waals surface area contributed by atoms with E-state index in [1.807, 2.05) is 0 Å². The highest BCUT2D eigenvalue weighted by molar-refractivity contribution is 5.98. The maximum Gasteiger partial charge on any atom is 0.573 e. The van der Waals surface area contributed by atoms with E-state index in [2.05, 4.69) is 10.1 Å². The van der Waals surface area contributed by atoms with Crippen molar-refractivity contribution in [2.24, 2.45) is 0 Å². The van der Waals surface area contributed by atoms with Crippen molar-refractivity contribution < 1.29 is 42.5 Å². The van der Waals surface area contributed by atoms with Crippen LogP contribution in [0, 0.1) is 0 Å². The molecule has 1 aromatic rings. The first-order chi connectivity index (χ1) is 12.2. The SMILES string of the molecule is CCCc1cc(C(=O)N[C@@H](CO)C(=O)NO)cc(OC(F)(F)F)c1OC. The van der Waals surface area contributed by atoms with Crippen LogP contribution in [-0.2, 0) is 11.2 Å². The number of carbonyl (C=O) groups excluding carboxylic acids is 2. The maximum atomic E-state index is 12.6. The van der Waals surface area contributed by atoms with Gasteiger partial charge < -0.3 is 19.9 Å². The normalized spacial score (nSPS) is 12.3. The van der Waals surface area contributed by atoms with Gasteiger partial charge in [0.1, 0.15) is 6.04 Å². The Balaban J connectivity index is 3.28. The fraction of sp³-hybridized carbons (Fsp3) is 0.467. The molecule has 1 aromatic carbocycles. The van der Waals surface area contributed by atoms with E-state index in [0.29, 0.717) is 18.4 Å². The third kappa shape index (κ3) is 5.77. The number of hydroxylamine groups is 1. The zero-order chi connectivity index (χ0) is 19.9. The van der Waals surface area contributed by atoms with Gasteiger partial charge in [-0.15, -0.1) is 13.2 Å². The molecule has 0 saturated heterocycles. The first kappa shape index (κ1) is 21.5. The summed E-state index contributed by atoms with van der Waals surface area (Å²) in [6.07, 6.45) is -4.14. The van der Waals surface area contributed by atoms with Gasteiger partial charge in [-0.3, -0.25) is 14.8 Å². The second-order valence-corrected chi connectivity index (χ2v) is 5.15. The van der Waals surface area contributed by atoms with E-state index in [4.69, 9.17) is 15.1 Å². The van der Waals surface area contributed by atoms with Crippen LogP contribution in [0.5, 0.6) is 11.5 Å². The van der Waals surface area contributed by atoms with E-state index in [9.17, 15) is 22.8 Å². The number of halogens is 3. The first-order valence-electron chi connectivity index (χ1n) is 7.49. The smallest absolute Gasteiger partial charge is 0.493 e. The summed E-state index contributed by atoms with van der Waals surface area (Å²) in [4.78, 5) is 23.6. The van der Waals surface area contributed by atoms with Crippen molar-refractivity contribution in [1.82, 2.24) is 10.8 Å². The van der Waals surface area contributed by atoms with E-state index < -0.39 is 36.6 Å². The number of hydrogen-bond donors (Lipinski definition) is 4. The molecule has 0 bridgehead atoms. The highest BCUT2D eigenvalue weighted by atomic mass is 19.4. The summed E-state index contributed by atoms with van der Waals surface area (Å²) in [5, 5.41) is 19.7. The summed E-state index contributed by atoms with van der Waals surface area (Å²) in [5.74, 6) is -2.90. The average molecular weight is 380 g/mol. The van der Waals surface area contributed by atoms with Gasteiger partial charge in [0.15, 0.2) is 11.5 Å². The summed E-state index contributed by atoms with van der Waals surface area (Å²) in [6, 6.07) is 0.620. The Labute approximate surface area is 146 Å². The molecule has 0 aliphatic heterocycles. The molecule has 2 amide bonds. The molecule has 146 valence electrons. The molecule has 0 aliphatic carbocycles. The molecule has 1 atom stereocenters. The summed E-state index contributed by atoms with van der Waals surface area (Å²) in [5.41, 5.74) is 1.32. The molecular formula is C15H19F3N2O6. The third-order valence-corrected chi connectivity index (χ3v) is 3.26. The highest BCUT2D eigenvalue weighted by Gasteiger charge is 2.33. The number of benzene rings is 1. The standard InChI is InChI=1S/C15H19F3N2O6/c1-3-4-8-5-9(13(22)19-10(7-21)14(23)20-24)6-11(12(8)25-2)26-15(16,17)18/h5-6,10,21,24H,3-4,7H2,1-2H3,(H,19,22)(H,20,23)/t10-/m0/s1. The topological polar surface area (TPSA) is 117 Å². The molecule has 0 spiro atoms. The van der Waals surface area contributed by atoms with Gasteiger partial charge in [-0.05, 0) is 24.1 Å². The second kappa shape index (κ2) is 9.25. The van der Waals surface area contributed by atoms with Crippen molar-refractivity contribution in [1.29, 1.82) is 0 Å². The van der Waals surface area contributed by atoms with Crippen molar-refractivity contribution in [2.75, 3.05) is 13.7 Å². The number of aliphatic hydroxyl groups excluding tert-OH is 1. The van der Waals surface area contributed by atoms with Gasteiger partial charge in [0.25, 0.3) is 11.8 Å². The van der Waals surface area contributed by atoms with Crippen LogP contribution in [0.25, 0.3) is 0 Å². The lowest BCUT2D eigenvalue weighted by molar-refractivity contribution is -0.275. The molecule has 26 heavy (non-hydrogen) atoms. The summed E-state index contributed by atoms with van der Waals surface area (Å²) in [7, 11) is 1.17. The monoisotopic (exact) mass is 380 g/mol. The second-order valence-electron chi connectivity index (χ2n) is 5.15. The number of aryl methyl sites for hydroxylation is 1. The number of ether oxygens (including phenoxy) is 2. The molecule has 8 nitrogen and oxygen atoms in total. The zero-order valence-corrected chi connectivity index (χ0v) is 14.0. The van der Waals surface area contributed by atoms with Gasteiger partial charge in [-0.2, -0.15) is 0 Å². The van der Waals surface area contributed by atoms with E-state index in [0.717, 1.165) is 6.07 Å². The van der Waals surface area contributed by atoms with E-state index in [1.54, 1.807) is 6.92 Å². The predicted molar refractivity (Wildman–Crippen MR) is 81.9 cm³/mol. The number of amides is 2. The summed E-state index contributed by atoms with van der Waals surface area (Å²) < 4.78 is 46.8. The van der Waals surface area contributed by atoms with Crippen LogP contribution in [0.2, 0.25) is 0 Å². The molecule has 0 heterocycles. The number of carbonyl (C=O) groups is 2. The van der Waals surface area contributed by atoms with Gasteiger partial charge in [0.2, 0.25) is 0 Å². The minimum Gasteiger partial charge on any atom is -0.493 e. The fourth-order valence-corrected chi connectivity index (χ4v) is 2.19. The third-order valence-electron chi connectivity index (χ3n) is 3.26. The Bertz CT molecular complexity index is 651. The summed E-state index contributed by atoms with van der Waals surface area (Å²) >= 11 is 0. The van der Waals surface area contributed by atoms with Crippen LogP contribution in [-0.4, -0.2) is 48.2 Å². The number of alkyl halides is 3. The molecule has 0 aliphatic rings. The van der Waals surface area contributed by atoms with Gasteiger partial charge in [-0.25, -0.2) is 5.48 Å². The maximum absolute atomic E-state index is 12.6. The molecule has 0 saturated carbocycles. The highest BCUT2D eigenvalue weighted by Crippen LogP contribution is 2.37. The van der Waals surface area contributed by atoms with Crippen LogP contribution in [0.4, 0.5) is 13.2 Å². The minimum absolute atomic E-state index is 0.160. The molecule has 0 unspecified atom stereocenters. The Hall–Kier alpha value is -2.53. The van der Waals surface area contributed by atoms with Crippen LogP contribution < -0.4 is 20.3 Å². The molecular weight excluding hydrogens is 361 g/mol. The number of rotatable bonds is 8. The Morgan fingerprint density at radius 3 is 2.42 bits per heavy atom. The van der Waals surface area contributed by atoms with Crippen LogP contribution in [0.3, 0.4) is 0 Å². The summed E-state index contributed by atoms with van der Waals surface area (Å²) in [6.45, 7) is 0.950. The van der Waals surface area contributed by atoms with Crippen molar-refractivity contribution >= 4 is 11.8 Å². The largest absolute Gasteiger partial charge is 0.573 e. The van der Waals surface area contributed by atoms with Gasteiger partial charge in [0, 0.05) is 5.56 Å². The first-order valence-corrected chi connectivity index (χ1v) is 7.49. The Kier molecular flexibility index (Phi) is 7.65. The number of hydrogen-bond acceptors (Lipinski definition) is 6. The van der Waals surface area contributed by atoms with Gasteiger partial charge in [-0.1, -0.05) is 13.3 Å². The van der Waals surface area contributed by atoms with Gasteiger partial charge in [0.05, 0.1) is 13.7 Å². The molecule has 0 radical (unpaired) electrons. The predicted octanol–water partition coefficient (Wildman–Crippen LogP) is 1.14. The lowest BCUT2D eigenvalue weighted by Gasteiger charge is -2.18. The number of methoxy groups -OCH3 is 1. The molecule has 0 aromatic heterocycles. The van der Waals surface area contributed by atoms with Gasteiger partial charge >= 0.3 is 6.36 Å². The lowest BCUT2D eigenvalue weighted by Crippen LogP contribution is -2.48.